The number of benzene rings is 2. The fraction of sp³-hybridized carbons (Fsp3) is 0.188. The highest BCUT2D eigenvalue weighted by Crippen LogP contribution is 2.47. The van der Waals surface area contributed by atoms with Gasteiger partial charge in [-0.05, 0) is 29.3 Å². The summed E-state index contributed by atoms with van der Waals surface area (Å²) in [6, 6.07) is 9.02. The van der Waals surface area contributed by atoms with Gasteiger partial charge in [0.15, 0.2) is 11.5 Å². The first kappa shape index (κ1) is 13.7. The van der Waals surface area contributed by atoms with Gasteiger partial charge in [-0.25, -0.2) is 0 Å². The highest BCUT2D eigenvalue weighted by Gasteiger charge is 2.32. The van der Waals surface area contributed by atoms with Crippen molar-refractivity contribution in [1.82, 2.24) is 0 Å². The molecule has 0 fully saturated rings. The van der Waals surface area contributed by atoms with Crippen molar-refractivity contribution in [3.8, 4) is 11.5 Å². The third-order valence-electron chi connectivity index (χ3n) is 3.93. The summed E-state index contributed by atoms with van der Waals surface area (Å²) in [7, 11) is 0. The Labute approximate surface area is 136 Å². The van der Waals surface area contributed by atoms with Crippen molar-refractivity contribution in [2.45, 2.75) is 12.3 Å². The lowest BCUT2D eigenvalue weighted by Gasteiger charge is -2.27. The molecule has 0 aromatic heterocycles. The molecule has 4 nitrogen and oxygen atoms in total. The van der Waals surface area contributed by atoms with Crippen molar-refractivity contribution >= 4 is 34.8 Å². The molecule has 0 bridgehead atoms. The summed E-state index contributed by atoms with van der Waals surface area (Å²) in [4.78, 5) is 12.1. The van der Waals surface area contributed by atoms with Crippen LogP contribution in [0, 0.1) is 0 Å². The molecule has 0 unspecified atom stereocenters. The predicted octanol–water partition coefficient (Wildman–Crippen LogP) is 4.20. The van der Waals surface area contributed by atoms with E-state index in [1.807, 2.05) is 6.07 Å². The van der Waals surface area contributed by atoms with Gasteiger partial charge in [0.2, 0.25) is 12.7 Å². The molecule has 2 aliphatic rings. The molecule has 0 aliphatic carbocycles. The summed E-state index contributed by atoms with van der Waals surface area (Å²) in [5.41, 5.74) is 2.40. The van der Waals surface area contributed by atoms with E-state index in [4.69, 9.17) is 32.7 Å². The Morgan fingerprint density at radius 2 is 1.77 bits per heavy atom. The Bertz CT molecular complexity index is 771. The third kappa shape index (κ3) is 2.11. The molecule has 112 valence electrons. The van der Waals surface area contributed by atoms with Crippen LogP contribution in [-0.4, -0.2) is 12.7 Å². The first-order valence-electron chi connectivity index (χ1n) is 6.81. The fourth-order valence-electron chi connectivity index (χ4n) is 2.95. The second-order valence-corrected chi connectivity index (χ2v) is 6.05. The number of halogens is 2. The number of fused-ring (bicyclic) bond motifs is 2. The molecule has 1 amide bonds. The van der Waals surface area contributed by atoms with Gasteiger partial charge >= 0.3 is 0 Å². The number of carbonyl (C=O) groups is 1. The van der Waals surface area contributed by atoms with E-state index in [9.17, 15) is 4.79 Å². The minimum atomic E-state index is -0.209. The van der Waals surface area contributed by atoms with Gasteiger partial charge in [-0.3, -0.25) is 4.79 Å². The summed E-state index contributed by atoms with van der Waals surface area (Å²) in [6.07, 6.45) is 0.288. The van der Waals surface area contributed by atoms with Crippen LogP contribution in [0.1, 0.15) is 23.5 Å². The maximum Gasteiger partial charge on any atom is 0.231 e. The van der Waals surface area contributed by atoms with E-state index < -0.39 is 0 Å². The standard InChI is InChI=1S/C16H11Cl2NO3/c17-10-2-1-3-11(18)16(10)9-5-15(20)19-12-6-14-13(4-8(9)12)21-7-22-14/h1-4,6,9H,5,7H2,(H,19,20)/t9-/m1/s1. The summed E-state index contributed by atoms with van der Waals surface area (Å²) >= 11 is 12.6. The molecule has 0 radical (unpaired) electrons. The molecule has 6 heteroatoms. The van der Waals surface area contributed by atoms with Gasteiger partial charge in [0.1, 0.15) is 0 Å². The second-order valence-electron chi connectivity index (χ2n) is 5.23. The Morgan fingerprint density at radius 3 is 2.50 bits per heavy atom. The summed E-state index contributed by atoms with van der Waals surface area (Å²) < 4.78 is 10.8. The SMILES string of the molecule is O=C1C[C@@H](c2c(Cl)cccc2Cl)c2cc3c(cc2N1)OCO3. The van der Waals surface area contributed by atoms with E-state index in [1.54, 1.807) is 24.3 Å². The van der Waals surface area contributed by atoms with Crippen LogP contribution in [0.5, 0.6) is 11.5 Å². The number of ether oxygens (including phenoxy) is 2. The van der Waals surface area contributed by atoms with Crippen LogP contribution in [0.4, 0.5) is 5.69 Å². The van der Waals surface area contributed by atoms with E-state index in [2.05, 4.69) is 5.32 Å². The molecule has 1 N–H and O–H groups in total. The van der Waals surface area contributed by atoms with Gasteiger partial charge in [0.05, 0.1) is 0 Å². The van der Waals surface area contributed by atoms with E-state index in [-0.39, 0.29) is 25.0 Å². The zero-order valence-corrected chi connectivity index (χ0v) is 12.9. The van der Waals surface area contributed by atoms with Crippen LogP contribution in [0.15, 0.2) is 30.3 Å². The van der Waals surface area contributed by atoms with Crippen molar-refractivity contribution < 1.29 is 14.3 Å². The van der Waals surface area contributed by atoms with E-state index >= 15 is 0 Å². The number of carbonyl (C=O) groups excluding carboxylic acids is 1. The van der Waals surface area contributed by atoms with Crippen LogP contribution in [-0.2, 0) is 4.79 Å². The maximum atomic E-state index is 12.1. The molecule has 0 saturated carbocycles. The second kappa shape index (κ2) is 5.07. The summed E-state index contributed by atoms with van der Waals surface area (Å²) in [5.74, 6) is 1.01. The monoisotopic (exact) mass is 335 g/mol. The lowest BCUT2D eigenvalue weighted by atomic mass is 9.84. The van der Waals surface area contributed by atoms with Crippen molar-refractivity contribution in [1.29, 1.82) is 0 Å². The first-order chi connectivity index (χ1) is 10.6. The number of rotatable bonds is 1. The molecular weight excluding hydrogens is 325 g/mol. The number of nitrogens with one attached hydrogen (secondary N) is 1. The highest BCUT2D eigenvalue weighted by molar-refractivity contribution is 6.36. The van der Waals surface area contributed by atoms with Gasteiger partial charge in [-0.1, -0.05) is 29.3 Å². The maximum absolute atomic E-state index is 12.1. The topological polar surface area (TPSA) is 47.6 Å². The largest absolute Gasteiger partial charge is 0.454 e. The third-order valence-corrected chi connectivity index (χ3v) is 4.59. The lowest BCUT2D eigenvalue weighted by Crippen LogP contribution is -2.23. The molecule has 2 heterocycles. The zero-order chi connectivity index (χ0) is 15.3. The van der Waals surface area contributed by atoms with Gasteiger partial charge < -0.3 is 14.8 Å². The summed E-state index contributed by atoms with van der Waals surface area (Å²) in [6.45, 7) is 0.184. The molecule has 1 atom stereocenters. The van der Waals surface area contributed by atoms with Crippen LogP contribution in [0.25, 0.3) is 0 Å². The van der Waals surface area contributed by atoms with Crippen molar-refractivity contribution in [2.75, 3.05) is 12.1 Å². The van der Waals surface area contributed by atoms with Crippen LogP contribution in [0.2, 0.25) is 10.0 Å². The quantitative estimate of drug-likeness (QED) is 0.849. The molecular formula is C16H11Cl2NO3. The lowest BCUT2D eigenvalue weighted by molar-refractivity contribution is -0.116. The van der Waals surface area contributed by atoms with Crippen LogP contribution < -0.4 is 14.8 Å². The zero-order valence-electron chi connectivity index (χ0n) is 11.4. The average Bonchev–Trinajstić information content (AvgIpc) is 2.92. The number of amides is 1. The van der Waals surface area contributed by atoms with E-state index in [0.717, 1.165) is 11.1 Å². The van der Waals surface area contributed by atoms with Crippen molar-refractivity contribution in [3.05, 3.63) is 51.5 Å². The van der Waals surface area contributed by atoms with Crippen LogP contribution in [0.3, 0.4) is 0 Å². The predicted molar refractivity (Wildman–Crippen MR) is 84.1 cm³/mol. The van der Waals surface area contributed by atoms with Gasteiger partial charge in [-0.15, -0.1) is 0 Å². The van der Waals surface area contributed by atoms with E-state index in [0.29, 0.717) is 27.2 Å². The smallest absolute Gasteiger partial charge is 0.231 e. The Hall–Kier alpha value is -1.91. The Kier molecular flexibility index (Phi) is 3.17. The summed E-state index contributed by atoms with van der Waals surface area (Å²) in [5, 5.41) is 3.97. The Balaban J connectivity index is 1.91. The fourth-order valence-corrected chi connectivity index (χ4v) is 3.61. The molecule has 22 heavy (non-hydrogen) atoms. The normalized spacial score (nSPS) is 18.8. The van der Waals surface area contributed by atoms with Crippen LogP contribution >= 0.6 is 23.2 Å². The first-order valence-corrected chi connectivity index (χ1v) is 7.56. The highest BCUT2D eigenvalue weighted by atomic mass is 35.5. The van der Waals surface area contributed by atoms with Gasteiger partial charge in [0.25, 0.3) is 0 Å². The molecule has 2 aromatic carbocycles. The average molecular weight is 336 g/mol. The van der Waals surface area contributed by atoms with Crippen molar-refractivity contribution in [2.24, 2.45) is 0 Å². The molecule has 0 spiro atoms. The van der Waals surface area contributed by atoms with Gasteiger partial charge in [0, 0.05) is 34.1 Å². The number of hydrogen-bond acceptors (Lipinski definition) is 3. The van der Waals surface area contributed by atoms with E-state index in [1.165, 1.54) is 0 Å². The number of anilines is 1. The van der Waals surface area contributed by atoms with Crippen molar-refractivity contribution in [3.63, 3.8) is 0 Å². The molecule has 2 aliphatic heterocycles. The van der Waals surface area contributed by atoms with Gasteiger partial charge in [-0.2, -0.15) is 0 Å². The molecule has 2 aromatic rings. The number of hydrogen-bond donors (Lipinski definition) is 1. The molecule has 4 rings (SSSR count). The Morgan fingerprint density at radius 1 is 1.09 bits per heavy atom. The minimum absolute atomic E-state index is 0.0765. The minimum Gasteiger partial charge on any atom is -0.454 e. The molecule has 0 saturated heterocycles.